The summed E-state index contributed by atoms with van der Waals surface area (Å²) in [5.41, 5.74) is 19.8. The minimum atomic E-state index is -0.603. The first-order chi connectivity index (χ1) is 15.7. The van der Waals surface area contributed by atoms with Crippen molar-refractivity contribution in [2.24, 2.45) is 11.5 Å². The van der Waals surface area contributed by atoms with Crippen LogP contribution in [0, 0.1) is 27.7 Å². The van der Waals surface area contributed by atoms with Gasteiger partial charge in [0.2, 0.25) is 0 Å². The third-order valence-corrected chi connectivity index (χ3v) is 6.00. The summed E-state index contributed by atoms with van der Waals surface area (Å²) in [5, 5.41) is 8.48. The normalized spacial score (nSPS) is 11.0. The lowest BCUT2D eigenvalue weighted by Crippen LogP contribution is -2.21. The maximum atomic E-state index is 11.8. The second-order valence-electron chi connectivity index (χ2n) is 8.19. The van der Waals surface area contributed by atoms with Gasteiger partial charge >= 0.3 is 12.1 Å². The van der Waals surface area contributed by atoms with E-state index in [1.165, 1.54) is 9.36 Å². The van der Waals surface area contributed by atoms with Gasteiger partial charge in [0.1, 0.15) is 0 Å². The molecule has 8 heteroatoms. The predicted octanol–water partition coefficient (Wildman–Crippen LogP) is 4.09. The minimum absolute atomic E-state index is 0.603. The number of aryl methyl sites for hydroxylation is 2. The number of hydrogen-bond acceptors (Lipinski definition) is 4. The Morgan fingerprint density at radius 2 is 1.00 bits per heavy atom. The highest BCUT2D eigenvalue weighted by Gasteiger charge is 2.18. The number of carbonyl (C=O) groups is 2. The van der Waals surface area contributed by atoms with Crippen molar-refractivity contribution < 1.29 is 9.59 Å². The molecule has 0 saturated heterocycles. The van der Waals surface area contributed by atoms with Gasteiger partial charge in [-0.3, -0.25) is 0 Å². The van der Waals surface area contributed by atoms with E-state index in [0.29, 0.717) is 11.4 Å². The average Bonchev–Trinajstić information content (AvgIpc) is 3.25. The van der Waals surface area contributed by atoms with E-state index >= 15 is 0 Å². The van der Waals surface area contributed by atoms with Crippen LogP contribution in [-0.2, 0) is 6.42 Å². The van der Waals surface area contributed by atoms with Crippen LogP contribution >= 0.6 is 0 Å². The van der Waals surface area contributed by atoms with Crippen molar-refractivity contribution in [2.45, 2.75) is 34.1 Å². The molecular weight excluding hydrogens is 416 g/mol. The standard InChI is InChI=1S/C25H26N6O2/c1-14-16(3)28-30(24(26)32)22(14)20-9-5-18(6-10-20)13-19-7-11-21(12-8-19)23-15(2)17(4)29-31(23)25(27)33/h5-12H,13H2,1-4H3,(H2,26,32)(H2,27,33). The minimum Gasteiger partial charge on any atom is -0.350 e. The van der Waals surface area contributed by atoms with Gasteiger partial charge in [0, 0.05) is 11.1 Å². The van der Waals surface area contributed by atoms with Gasteiger partial charge in [-0.25, -0.2) is 9.59 Å². The monoisotopic (exact) mass is 442 g/mol. The third-order valence-electron chi connectivity index (χ3n) is 6.00. The first-order valence-electron chi connectivity index (χ1n) is 10.6. The van der Waals surface area contributed by atoms with E-state index in [1.807, 2.05) is 76.2 Å². The highest BCUT2D eigenvalue weighted by molar-refractivity contribution is 5.82. The van der Waals surface area contributed by atoms with Crippen LogP contribution in [0.1, 0.15) is 33.6 Å². The number of nitrogens with zero attached hydrogens (tertiary/aromatic N) is 4. The van der Waals surface area contributed by atoms with Gasteiger partial charge in [-0.15, -0.1) is 0 Å². The lowest BCUT2D eigenvalue weighted by Gasteiger charge is -2.09. The lowest BCUT2D eigenvalue weighted by atomic mass is 9.99. The summed E-state index contributed by atoms with van der Waals surface area (Å²) in [6.07, 6.45) is 0.737. The first-order valence-corrected chi connectivity index (χ1v) is 10.6. The fourth-order valence-corrected chi connectivity index (χ4v) is 4.00. The maximum absolute atomic E-state index is 11.8. The zero-order valence-corrected chi connectivity index (χ0v) is 19.1. The SMILES string of the molecule is Cc1nn(C(N)=O)c(-c2ccc(Cc3ccc(-c4c(C)c(C)nn4C(N)=O)cc3)cc2)c1C. The number of amides is 2. The summed E-state index contributed by atoms with van der Waals surface area (Å²) in [7, 11) is 0. The molecule has 0 aliphatic heterocycles. The zero-order chi connectivity index (χ0) is 23.9. The molecule has 8 nitrogen and oxygen atoms in total. The number of benzene rings is 2. The molecule has 0 aliphatic carbocycles. The molecule has 0 unspecified atom stereocenters. The Bertz CT molecular complexity index is 1260. The number of hydrogen-bond donors (Lipinski definition) is 2. The molecule has 4 N–H and O–H groups in total. The number of rotatable bonds is 4. The van der Waals surface area contributed by atoms with Crippen LogP contribution in [0.5, 0.6) is 0 Å². The van der Waals surface area contributed by atoms with Crippen LogP contribution in [0.2, 0.25) is 0 Å². The van der Waals surface area contributed by atoms with Gasteiger partial charge in [0.15, 0.2) is 0 Å². The molecule has 2 heterocycles. The fraction of sp³-hybridized carbons (Fsp3) is 0.200. The second kappa shape index (κ2) is 8.38. The van der Waals surface area contributed by atoms with Crippen molar-refractivity contribution in [3.8, 4) is 22.5 Å². The van der Waals surface area contributed by atoms with Crippen molar-refractivity contribution in [1.82, 2.24) is 19.6 Å². The van der Waals surface area contributed by atoms with E-state index in [-0.39, 0.29) is 0 Å². The van der Waals surface area contributed by atoms with Gasteiger partial charge in [0.05, 0.1) is 22.8 Å². The number of aromatic nitrogens is 4. The van der Waals surface area contributed by atoms with E-state index < -0.39 is 12.1 Å². The molecule has 0 fully saturated rings. The van der Waals surface area contributed by atoms with E-state index in [9.17, 15) is 9.59 Å². The molecule has 0 atom stereocenters. The number of carbonyl (C=O) groups excluding carboxylic acids is 2. The average molecular weight is 443 g/mol. The maximum Gasteiger partial charge on any atom is 0.340 e. The van der Waals surface area contributed by atoms with Gasteiger partial charge in [-0.05, 0) is 56.4 Å². The van der Waals surface area contributed by atoms with E-state index in [4.69, 9.17) is 11.5 Å². The molecule has 0 bridgehead atoms. The Kier molecular flexibility index (Phi) is 5.59. The lowest BCUT2D eigenvalue weighted by molar-refractivity contribution is 0.247. The van der Waals surface area contributed by atoms with Crippen LogP contribution in [0.15, 0.2) is 48.5 Å². The van der Waals surface area contributed by atoms with Crippen LogP contribution in [-0.4, -0.2) is 31.6 Å². The van der Waals surface area contributed by atoms with Crippen LogP contribution in [0.3, 0.4) is 0 Å². The van der Waals surface area contributed by atoms with Gasteiger partial charge in [0.25, 0.3) is 0 Å². The molecule has 2 aromatic heterocycles. The van der Waals surface area contributed by atoms with Gasteiger partial charge in [-0.2, -0.15) is 19.6 Å². The Labute approximate surface area is 191 Å². The number of nitrogens with two attached hydrogens (primary N) is 2. The fourth-order valence-electron chi connectivity index (χ4n) is 4.00. The molecule has 0 saturated carbocycles. The molecule has 2 amide bonds. The smallest absolute Gasteiger partial charge is 0.340 e. The molecular formula is C25H26N6O2. The first kappa shape index (κ1) is 22.0. The van der Waals surface area contributed by atoms with Crippen LogP contribution in [0.4, 0.5) is 9.59 Å². The molecule has 0 aliphatic rings. The summed E-state index contributed by atoms with van der Waals surface area (Å²) in [6, 6.07) is 14.8. The molecule has 168 valence electrons. The van der Waals surface area contributed by atoms with Crippen molar-refractivity contribution in [2.75, 3.05) is 0 Å². The topological polar surface area (TPSA) is 122 Å². The summed E-state index contributed by atoms with van der Waals surface area (Å²) >= 11 is 0. The Morgan fingerprint density at radius 1 is 0.667 bits per heavy atom. The summed E-state index contributed by atoms with van der Waals surface area (Å²) in [6.45, 7) is 7.57. The molecule has 33 heavy (non-hydrogen) atoms. The van der Waals surface area contributed by atoms with Crippen molar-refractivity contribution in [3.05, 3.63) is 82.2 Å². The quantitative estimate of drug-likeness (QED) is 0.494. The number of primary amides is 2. The Hall–Kier alpha value is -4.20. The van der Waals surface area contributed by atoms with Gasteiger partial charge in [-0.1, -0.05) is 48.5 Å². The molecule has 0 spiro atoms. The van der Waals surface area contributed by atoms with Crippen molar-refractivity contribution in [3.63, 3.8) is 0 Å². The van der Waals surface area contributed by atoms with Crippen LogP contribution in [0.25, 0.3) is 22.5 Å². The van der Waals surface area contributed by atoms with E-state index in [2.05, 4.69) is 10.2 Å². The zero-order valence-electron chi connectivity index (χ0n) is 19.1. The second-order valence-corrected chi connectivity index (χ2v) is 8.19. The predicted molar refractivity (Wildman–Crippen MR) is 127 cm³/mol. The van der Waals surface area contributed by atoms with Gasteiger partial charge < -0.3 is 11.5 Å². The highest BCUT2D eigenvalue weighted by Crippen LogP contribution is 2.28. The highest BCUT2D eigenvalue weighted by atomic mass is 16.2. The summed E-state index contributed by atoms with van der Waals surface area (Å²) < 4.78 is 2.50. The third kappa shape index (κ3) is 4.03. The largest absolute Gasteiger partial charge is 0.350 e. The van der Waals surface area contributed by atoms with Crippen molar-refractivity contribution in [1.29, 1.82) is 0 Å². The summed E-state index contributed by atoms with van der Waals surface area (Å²) in [4.78, 5) is 23.5. The Morgan fingerprint density at radius 3 is 1.30 bits per heavy atom. The van der Waals surface area contributed by atoms with Crippen molar-refractivity contribution >= 4 is 12.1 Å². The molecule has 4 aromatic rings. The summed E-state index contributed by atoms with van der Waals surface area (Å²) in [5.74, 6) is 0. The molecule has 2 aromatic carbocycles. The van der Waals surface area contributed by atoms with E-state index in [0.717, 1.165) is 51.2 Å². The van der Waals surface area contributed by atoms with Crippen LogP contribution < -0.4 is 11.5 Å². The molecule has 0 radical (unpaired) electrons. The molecule has 4 rings (SSSR count). The van der Waals surface area contributed by atoms with E-state index in [1.54, 1.807) is 0 Å². The Balaban J connectivity index is 1.57.